The Bertz CT molecular complexity index is 1360. The second-order valence-corrected chi connectivity index (χ2v) is 8.26. The van der Waals surface area contributed by atoms with E-state index in [0.717, 1.165) is 12.1 Å². The molecule has 0 saturated carbocycles. The van der Waals surface area contributed by atoms with Crippen LogP contribution in [0.2, 0.25) is 5.02 Å². The molecule has 8 nitrogen and oxygen atoms in total. The van der Waals surface area contributed by atoms with Crippen molar-refractivity contribution in [3.05, 3.63) is 95.5 Å². The van der Waals surface area contributed by atoms with Gasteiger partial charge in [0, 0.05) is 28.5 Å². The highest BCUT2D eigenvalue weighted by molar-refractivity contribution is 6.31. The van der Waals surface area contributed by atoms with E-state index in [4.69, 9.17) is 11.6 Å². The summed E-state index contributed by atoms with van der Waals surface area (Å²) in [6.45, 7) is 0.666. The molecule has 0 aliphatic carbocycles. The first kappa shape index (κ1) is 21.7. The number of rotatable bonds is 6. The molecule has 0 fully saturated rings. The molecular weight excluding hydrogens is 452 g/mol. The van der Waals surface area contributed by atoms with Crippen LogP contribution in [0.3, 0.4) is 0 Å². The molecule has 34 heavy (non-hydrogen) atoms. The molecule has 0 radical (unpaired) electrons. The zero-order chi connectivity index (χ0) is 23.5. The number of nitrogens with zero attached hydrogens (tertiary/aromatic N) is 4. The fraction of sp³-hybridized carbons (Fsp3) is 0.120. The van der Waals surface area contributed by atoms with Gasteiger partial charge in [0.05, 0.1) is 17.9 Å². The molecule has 9 heteroatoms. The fourth-order valence-corrected chi connectivity index (χ4v) is 4.16. The van der Waals surface area contributed by atoms with E-state index in [2.05, 4.69) is 20.7 Å². The van der Waals surface area contributed by atoms with Crippen LogP contribution in [0.15, 0.2) is 79.4 Å². The summed E-state index contributed by atoms with van der Waals surface area (Å²) in [5.74, 6) is -0.330. The van der Waals surface area contributed by atoms with E-state index in [0.29, 0.717) is 34.2 Å². The minimum atomic E-state index is -0.270. The van der Waals surface area contributed by atoms with Gasteiger partial charge in [0.15, 0.2) is 0 Å². The summed E-state index contributed by atoms with van der Waals surface area (Å²) < 4.78 is 1.55. The molecule has 0 saturated heterocycles. The molecule has 5 rings (SSSR count). The van der Waals surface area contributed by atoms with Gasteiger partial charge in [0.2, 0.25) is 5.91 Å². The monoisotopic (exact) mass is 472 g/mol. The van der Waals surface area contributed by atoms with Crippen molar-refractivity contribution in [1.82, 2.24) is 14.8 Å². The number of fused-ring (bicyclic) bond motifs is 1. The summed E-state index contributed by atoms with van der Waals surface area (Å²) in [6, 6.07) is 20.2. The average molecular weight is 473 g/mol. The lowest BCUT2D eigenvalue weighted by Crippen LogP contribution is -2.29. The van der Waals surface area contributed by atoms with E-state index in [1.165, 1.54) is 11.9 Å². The van der Waals surface area contributed by atoms with Gasteiger partial charge in [-0.15, -0.1) is 0 Å². The molecule has 1 aliphatic rings. The van der Waals surface area contributed by atoms with Crippen LogP contribution in [0.25, 0.3) is 5.69 Å². The molecule has 0 unspecified atom stereocenters. The van der Waals surface area contributed by atoms with Crippen molar-refractivity contribution in [2.45, 2.75) is 6.42 Å². The Balaban J connectivity index is 1.26. The lowest BCUT2D eigenvalue weighted by molar-refractivity contribution is -0.114. The van der Waals surface area contributed by atoms with Crippen molar-refractivity contribution in [2.75, 3.05) is 28.6 Å². The van der Waals surface area contributed by atoms with Gasteiger partial charge < -0.3 is 15.5 Å². The van der Waals surface area contributed by atoms with Crippen molar-refractivity contribution in [2.24, 2.45) is 0 Å². The molecule has 2 heterocycles. The second kappa shape index (κ2) is 9.36. The van der Waals surface area contributed by atoms with Gasteiger partial charge in [-0.1, -0.05) is 35.9 Å². The molecule has 170 valence electrons. The van der Waals surface area contributed by atoms with Crippen molar-refractivity contribution >= 4 is 40.5 Å². The minimum absolute atomic E-state index is 0.00744. The van der Waals surface area contributed by atoms with Gasteiger partial charge in [-0.25, -0.2) is 9.67 Å². The number of nitrogens with one attached hydrogen (secondary N) is 2. The summed E-state index contributed by atoms with van der Waals surface area (Å²) in [6.07, 6.45) is 3.80. The predicted molar refractivity (Wildman–Crippen MR) is 132 cm³/mol. The van der Waals surface area contributed by atoms with Gasteiger partial charge >= 0.3 is 0 Å². The first-order chi connectivity index (χ1) is 16.6. The summed E-state index contributed by atoms with van der Waals surface area (Å²) in [4.78, 5) is 31.5. The zero-order valence-corrected chi connectivity index (χ0v) is 18.9. The van der Waals surface area contributed by atoms with E-state index in [9.17, 15) is 9.59 Å². The molecule has 2 N–H and O–H groups in total. The van der Waals surface area contributed by atoms with Crippen LogP contribution in [-0.2, 0) is 11.2 Å². The van der Waals surface area contributed by atoms with Gasteiger partial charge in [-0.05, 0) is 54.4 Å². The molecule has 0 atom stereocenters. The Morgan fingerprint density at radius 2 is 1.88 bits per heavy atom. The Hall–Kier alpha value is -4.17. The molecule has 0 bridgehead atoms. The topological polar surface area (TPSA) is 92.2 Å². The Morgan fingerprint density at radius 3 is 2.74 bits per heavy atom. The van der Waals surface area contributed by atoms with Crippen LogP contribution < -0.4 is 15.5 Å². The number of para-hydroxylation sites is 1. The Morgan fingerprint density at radius 1 is 1.00 bits per heavy atom. The van der Waals surface area contributed by atoms with E-state index in [-0.39, 0.29) is 18.4 Å². The van der Waals surface area contributed by atoms with E-state index < -0.39 is 0 Å². The van der Waals surface area contributed by atoms with Crippen LogP contribution in [0.1, 0.15) is 15.9 Å². The third-order valence-electron chi connectivity index (χ3n) is 5.59. The summed E-state index contributed by atoms with van der Waals surface area (Å²) in [7, 11) is 0. The van der Waals surface area contributed by atoms with Crippen LogP contribution in [-0.4, -0.2) is 39.7 Å². The number of carbonyl (C=O) groups is 2. The number of carbonyl (C=O) groups excluding carboxylic acids is 2. The largest absolute Gasteiger partial charge is 0.376 e. The molecular formula is C25H21ClN6O2. The van der Waals surface area contributed by atoms with Crippen molar-refractivity contribution in [3.63, 3.8) is 0 Å². The van der Waals surface area contributed by atoms with Gasteiger partial charge in [0.1, 0.15) is 12.7 Å². The normalized spacial score (nSPS) is 12.3. The minimum Gasteiger partial charge on any atom is -0.376 e. The van der Waals surface area contributed by atoms with Gasteiger partial charge in [-0.2, -0.15) is 5.10 Å². The van der Waals surface area contributed by atoms with E-state index in [1.807, 2.05) is 30.3 Å². The first-order valence-corrected chi connectivity index (χ1v) is 11.1. The van der Waals surface area contributed by atoms with Gasteiger partial charge in [0.25, 0.3) is 5.91 Å². The zero-order valence-electron chi connectivity index (χ0n) is 18.1. The van der Waals surface area contributed by atoms with Crippen molar-refractivity contribution in [1.29, 1.82) is 0 Å². The number of hydrogen-bond acceptors (Lipinski definition) is 5. The van der Waals surface area contributed by atoms with E-state index >= 15 is 0 Å². The Labute approximate surface area is 201 Å². The lowest BCUT2D eigenvalue weighted by atomic mass is 10.1. The maximum Gasteiger partial charge on any atom is 0.258 e. The number of anilines is 3. The number of benzene rings is 3. The van der Waals surface area contributed by atoms with Crippen LogP contribution >= 0.6 is 11.6 Å². The summed E-state index contributed by atoms with van der Waals surface area (Å²) in [5.41, 5.74) is 4.53. The molecule has 1 aliphatic heterocycles. The van der Waals surface area contributed by atoms with Gasteiger partial charge in [-0.3, -0.25) is 9.59 Å². The predicted octanol–water partition coefficient (Wildman–Crippen LogP) is 4.17. The Kier molecular flexibility index (Phi) is 5.97. The lowest BCUT2D eigenvalue weighted by Gasteiger charge is -2.18. The van der Waals surface area contributed by atoms with Crippen molar-refractivity contribution < 1.29 is 9.59 Å². The highest BCUT2D eigenvalue weighted by Gasteiger charge is 2.25. The maximum absolute atomic E-state index is 13.1. The number of amides is 2. The quantitative estimate of drug-likeness (QED) is 0.439. The summed E-state index contributed by atoms with van der Waals surface area (Å²) in [5, 5.41) is 10.5. The highest BCUT2D eigenvalue weighted by Crippen LogP contribution is 2.29. The first-order valence-electron chi connectivity index (χ1n) is 10.8. The highest BCUT2D eigenvalue weighted by atomic mass is 35.5. The molecule has 1 aromatic heterocycles. The van der Waals surface area contributed by atoms with E-state index in [1.54, 1.807) is 52.3 Å². The molecule has 0 spiro atoms. The average Bonchev–Trinajstić information content (AvgIpc) is 3.53. The third kappa shape index (κ3) is 4.49. The number of aromatic nitrogens is 3. The second-order valence-electron chi connectivity index (χ2n) is 7.82. The SMILES string of the molecule is O=C(CNc1cccc(C(=O)N2CCc3ccccc32)c1)Nc1cc(Cl)ccc1-n1cncn1. The fourth-order valence-electron chi connectivity index (χ4n) is 3.98. The maximum atomic E-state index is 13.1. The molecule has 3 aromatic carbocycles. The third-order valence-corrected chi connectivity index (χ3v) is 5.83. The standard InChI is InChI=1S/C25H21ClN6O2/c26-19-8-9-23(32-16-27-15-29-32)21(13-19)30-24(33)14-28-20-6-3-5-18(12-20)25(34)31-11-10-17-4-1-2-7-22(17)31/h1-9,12-13,15-16,28H,10-11,14H2,(H,30,33). The van der Waals surface area contributed by atoms with Crippen LogP contribution in [0.4, 0.5) is 17.1 Å². The van der Waals surface area contributed by atoms with Crippen LogP contribution in [0.5, 0.6) is 0 Å². The number of halogens is 1. The summed E-state index contributed by atoms with van der Waals surface area (Å²) >= 11 is 6.12. The smallest absolute Gasteiger partial charge is 0.258 e. The van der Waals surface area contributed by atoms with Crippen LogP contribution in [0, 0.1) is 0 Å². The molecule has 4 aromatic rings. The number of hydrogen-bond donors (Lipinski definition) is 2. The van der Waals surface area contributed by atoms with Crippen molar-refractivity contribution in [3.8, 4) is 5.69 Å². The molecule has 2 amide bonds.